The van der Waals surface area contributed by atoms with Crippen molar-refractivity contribution in [3.63, 3.8) is 0 Å². The molecule has 0 aromatic heterocycles. The summed E-state index contributed by atoms with van der Waals surface area (Å²) in [4.78, 5) is 12.9. The third-order valence-electron chi connectivity index (χ3n) is 5.41. The van der Waals surface area contributed by atoms with Gasteiger partial charge < -0.3 is 5.32 Å². The molecule has 0 bridgehead atoms. The van der Waals surface area contributed by atoms with Gasteiger partial charge in [-0.1, -0.05) is 36.8 Å². The minimum absolute atomic E-state index is 0.0473. The van der Waals surface area contributed by atoms with E-state index in [2.05, 4.69) is 5.32 Å². The molecule has 2 aromatic rings. The number of piperidine rings is 1. The van der Waals surface area contributed by atoms with Crippen LogP contribution in [0, 0.1) is 18.7 Å². The van der Waals surface area contributed by atoms with E-state index in [1.54, 1.807) is 0 Å². The highest BCUT2D eigenvalue weighted by Crippen LogP contribution is 2.25. The number of halogens is 1. The Morgan fingerprint density at radius 3 is 2.45 bits per heavy atom. The second-order valence-electron chi connectivity index (χ2n) is 7.54. The number of nitrogens with zero attached hydrogens (tertiary/aromatic N) is 1. The van der Waals surface area contributed by atoms with E-state index in [-0.39, 0.29) is 23.4 Å². The number of amides is 1. The maximum Gasteiger partial charge on any atom is 0.243 e. The van der Waals surface area contributed by atoms with Gasteiger partial charge in [0.05, 0.1) is 16.9 Å². The molecule has 29 heavy (non-hydrogen) atoms. The first-order chi connectivity index (χ1) is 13.8. The highest BCUT2D eigenvalue weighted by atomic mass is 32.2. The van der Waals surface area contributed by atoms with E-state index in [0.29, 0.717) is 19.4 Å². The Morgan fingerprint density at radius 2 is 1.83 bits per heavy atom. The molecule has 5 nitrogen and oxygen atoms in total. The molecule has 1 aliphatic rings. The normalized spacial score (nSPS) is 18.9. The number of carbonyl (C=O) groups excluding carboxylic acids is 1. The topological polar surface area (TPSA) is 66.5 Å². The Labute approximate surface area is 172 Å². The van der Waals surface area contributed by atoms with Gasteiger partial charge >= 0.3 is 0 Å². The van der Waals surface area contributed by atoms with Crippen LogP contribution in [-0.2, 0) is 14.8 Å². The quantitative estimate of drug-likeness (QED) is 0.776. The molecule has 1 fully saturated rings. The molecule has 0 spiro atoms. The zero-order valence-corrected chi connectivity index (χ0v) is 17.6. The van der Waals surface area contributed by atoms with E-state index in [0.717, 1.165) is 29.7 Å². The Bertz CT molecular complexity index is 943. The van der Waals surface area contributed by atoms with Gasteiger partial charge in [-0.3, -0.25) is 4.79 Å². The lowest BCUT2D eigenvalue weighted by molar-refractivity contribution is -0.126. The Balaban J connectivity index is 1.70. The highest BCUT2D eigenvalue weighted by molar-refractivity contribution is 7.89. The Hall–Kier alpha value is -2.25. The van der Waals surface area contributed by atoms with Crippen molar-refractivity contribution in [1.82, 2.24) is 9.62 Å². The van der Waals surface area contributed by atoms with Gasteiger partial charge in [0.15, 0.2) is 0 Å². The van der Waals surface area contributed by atoms with Gasteiger partial charge in [-0.05, 0) is 56.0 Å². The summed E-state index contributed by atoms with van der Waals surface area (Å²) in [7, 11) is -3.75. The minimum Gasteiger partial charge on any atom is -0.349 e. The van der Waals surface area contributed by atoms with Gasteiger partial charge in [-0.25, -0.2) is 12.8 Å². The molecule has 1 amide bonds. The molecule has 2 aromatic carbocycles. The summed E-state index contributed by atoms with van der Waals surface area (Å²) in [5.41, 5.74) is 2.20. The number of benzene rings is 2. The summed E-state index contributed by atoms with van der Waals surface area (Å²) < 4.78 is 40.2. The smallest absolute Gasteiger partial charge is 0.243 e. The zero-order valence-electron chi connectivity index (χ0n) is 16.8. The number of hydrogen-bond donors (Lipinski definition) is 1. The predicted octanol–water partition coefficient (Wildman–Crippen LogP) is 3.80. The lowest BCUT2D eigenvalue weighted by Crippen LogP contribution is -2.46. The standard InChI is InChI=1S/C22H27FN2O3S/c1-3-21(17-8-6-16(2)7-9-17)24-22(26)18-5-4-14-25(15-18)29(27,28)20-12-10-19(23)11-13-20/h6-13,18,21H,3-5,14-15H2,1-2H3,(H,24,26)/t18-,21-/m1/s1. The number of hydrogen-bond acceptors (Lipinski definition) is 3. The molecular formula is C22H27FN2O3S. The molecule has 0 aliphatic carbocycles. The zero-order chi connectivity index (χ0) is 21.0. The van der Waals surface area contributed by atoms with Crippen molar-refractivity contribution >= 4 is 15.9 Å². The van der Waals surface area contributed by atoms with Crippen molar-refractivity contribution in [3.05, 3.63) is 65.5 Å². The summed E-state index contributed by atoms with van der Waals surface area (Å²) in [5.74, 6) is -1.02. The van der Waals surface area contributed by atoms with Crippen molar-refractivity contribution in [2.24, 2.45) is 5.92 Å². The van der Waals surface area contributed by atoms with Crippen LogP contribution in [0.2, 0.25) is 0 Å². The van der Waals surface area contributed by atoms with Crippen LogP contribution < -0.4 is 5.32 Å². The molecule has 1 heterocycles. The molecule has 7 heteroatoms. The van der Waals surface area contributed by atoms with Gasteiger partial charge in [0.25, 0.3) is 0 Å². The fourth-order valence-corrected chi connectivity index (χ4v) is 5.16. The average molecular weight is 419 g/mol. The molecule has 1 aliphatic heterocycles. The first kappa shape index (κ1) is 21.5. The van der Waals surface area contributed by atoms with E-state index >= 15 is 0 Å². The number of aryl methyl sites for hydroxylation is 1. The van der Waals surface area contributed by atoms with Crippen LogP contribution in [0.5, 0.6) is 0 Å². The van der Waals surface area contributed by atoms with Crippen molar-refractivity contribution in [2.45, 2.75) is 44.0 Å². The Kier molecular flexibility index (Phi) is 6.70. The van der Waals surface area contributed by atoms with Crippen molar-refractivity contribution < 1.29 is 17.6 Å². The third kappa shape index (κ3) is 5.03. The van der Waals surface area contributed by atoms with Crippen molar-refractivity contribution in [1.29, 1.82) is 0 Å². The van der Waals surface area contributed by atoms with Crippen molar-refractivity contribution in [3.8, 4) is 0 Å². The van der Waals surface area contributed by atoms with Gasteiger partial charge in [-0.2, -0.15) is 4.31 Å². The van der Waals surface area contributed by atoms with E-state index in [9.17, 15) is 17.6 Å². The van der Waals surface area contributed by atoms with Crippen LogP contribution in [0.15, 0.2) is 53.4 Å². The monoisotopic (exact) mass is 418 g/mol. The molecule has 0 saturated carbocycles. The van der Waals surface area contributed by atoms with Gasteiger partial charge in [0, 0.05) is 13.1 Å². The summed E-state index contributed by atoms with van der Waals surface area (Å²) in [6.45, 7) is 4.52. The van der Waals surface area contributed by atoms with Crippen LogP contribution in [0.1, 0.15) is 43.4 Å². The minimum atomic E-state index is -3.75. The predicted molar refractivity (Wildman–Crippen MR) is 110 cm³/mol. The lowest BCUT2D eigenvalue weighted by Gasteiger charge is -2.32. The Morgan fingerprint density at radius 1 is 1.17 bits per heavy atom. The first-order valence-electron chi connectivity index (χ1n) is 9.94. The summed E-state index contributed by atoms with van der Waals surface area (Å²) in [6.07, 6.45) is 2.00. The SMILES string of the molecule is CC[C@@H](NC(=O)[C@@H]1CCCN(S(=O)(=O)c2ccc(F)cc2)C1)c1ccc(C)cc1. The van der Waals surface area contributed by atoms with E-state index in [4.69, 9.17) is 0 Å². The summed E-state index contributed by atoms with van der Waals surface area (Å²) in [6, 6.07) is 12.7. The molecular weight excluding hydrogens is 391 g/mol. The van der Waals surface area contributed by atoms with Crippen LogP contribution in [0.4, 0.5) is 4.39 Å². The highest BCUT2D eigenvalue weighted by Gasteiger charge is 2.33. The molecule has 1 saturated heterocycles. The van der Waals surface area contributed by atoms with Gasteiger partial charge in [0.1, 0.15) is 5.82 Å². The summed E-state index contributed by atoms with van der Waals surface area (Å²) >= 11 is 0. The maximum atomic E-state index is 13.1. The van der Waals surface area contributed by atoms with Crippen LogP contribution in [0.3, 0.4) is 0 Å². The second-order valence-corrected chi connectivity index (χ2v) is 9.47. The number of rotatable bonds is 6. The first-order valence-corrected chi connectivity index (χ1v) is 11.4. The van der Waals surface area contributed by atoms with E-state index in [1.807, 2.05) is 38.1 Å². The molecule has 3 rings (SSSR count). The average Bonchev–Trinajstić information content (AvgIpc) is 2.73. The fourth-order valence-electron chi connectivity index (χ4n) is 3.64. The van der Waals surface area contributed by atoms with Gasteiger partial charge in [0.2, 0.25) is 15.9 Å². The lowest BCUT2D eigenvalue weighted by atomic mass is 9.97. The van der Waals surface area contributed by atoms with E-state index < -0.39 is 21.8 Å². The van der Waals surface area contributed by atoms with Crippen molar-refractivity contribution in [2.75, 3.05) is 13.1 Å². The molecule has 156 valence electrons. The number of sulfonamides is 1. The van der Waals surface area contributed by atoms with Gasteiger partial charge in [-0.15, -0.1) is 0 Å². The third-order valence-corrected chi connectivity index (χ3v) is 7.29. The molecule has 1 N–H and O–H groups in total. The second kappa shape index (κ2) is 9.05. The fraction of sp³-hybridized carbons (Fsp3) is 0.409. The largest absolute Gasteiger partial charge is 0.349 e. The van der Waals surface area contributed by atoms with Crippen LogP contribution in [0.25, 0.3) is 0 Å². The summed E-state index contributed by atoms with van der Waals surface area (Å²) in [5, 5.41) is 3.08. The number of nitrogens with one attached hydrogen (secondary N) is 1. The molecule has 0 unspecified atom stereocenters. The number of carbonyl (C=O) groups is 1. The van der Waals surface area contributed by atoms with E-state index in [1.165, 1.54) is 16.4 Å². The van der Waals surface area contributed by atoms with Crippen LogP contribution in [-0.4, -0.2) is 31.7 Å². The van der Waals surface area contributed by atoms with Crippen LogP contribution >= 0.6 is 0 Å². The molecule has 0 radical (unpaired) electrons. The maximum absolute atomic E-state index is 13.1. The molecule has 2 atom stereocenters.